The smallest absolute Gasteiger partial charge is 0.162 e. The molecule has 2 nitrogen and oxygen atoms in total. The molecule has 0 N–H and O–H groups in total. The van der Waals surface area contributed by atoms with E-state index in [4.69, 9.17) is 4.74 Å². The highest BCUT2D eigenvalue weighted by Crippen LogP contribution is 2.40. The summed E-state index contributed by atoms with van der Waals surface area (Å²) in [6, 6.07) is 0. The zero-order valence-corrected chi connectivity index (χ0v) is 17.7. The molecule has 0 bridgehead atoms. The van der Waals surface area contributed by atoms with Crippen LogP contribution in [0.3, 0.4) is 0 Å². The predicted molar refractivity (Wildman–Crippen MR) is 107 cm³/mol. The van der Waals surface area contributed by atoms with E-state index in [2.05, 4.69) is 13.8 Å². The van der Waals surface area contributed by atoms with Crippen LogP contribution in [0.1, 0.15) is 117 Å². The van der Waals surface area contributed by atoms with Crippen LogP contribution in [0.15, 0.2) is 0 Å². The van der Waals surface area contributed by atoms with Gasteiger partial charge in [-0.1, -0.05) is 90.9 Å². The number of ether oxygens (including phenoxy) is 1. The third-order valence-electron chi connectivity index (χ3n) is 5.18. The number of unbranched alkanes of at least 4 members (excludes halogenated alkanes) is 10. The molecule has 0 aromatic heterocycles. The fourth-order valence-electron chi connectivity index (χ4n) is 3.50. The van der Waals surface area contributed by atoms with E-state index < -0.39 is 0 Å². The standard InChI is InChI=1S/C21H43O2P/c1-4-6-8-13-17-21(24-22,18-14-9-7-5-2)19-15-11-10-12-16-20-23-3/h4-20H2,1-3H3. The van der Waals surface area contributed by atoms with E-state index in [1.807, 2.05) is 0 Å². The van der Waals surface area contributed by atoms with Gasteiger partial charge in [0.15, 0.2) is 8.46 Å². The summed E-state index contributed by atoms with van der Waals surface area (Å²) < 4.78 is 17.1. The maximum Gasteiger partial charge on any atom is 0.162 e. The molecule has 0 atom stereocenters. The average Bonchev–Trinajstić information content (AvgIpc) is 2.61. The highest BCUT2D eigenvalue weighted by atomic mass is 31.1. The van der Waals surface area contributed by atoms with Crippen molar-refractivity contribution >= 4 is 8.46 Å². The predicted octanol–water partition coefficient (Wildman–Crippen LogP) is 7.94. The van der Waals surface area contributed by atoms with E-state index in [9.17, 15) is 4.57 Å². The maximum absolute atomic E-state index is 12.0. The number of hydrogen-bond acceptors (Lipinski definition) is 2. The molecule has 3 heteroatoms. The van der Waals surface area contributed by atoms with Gasteiger partial charge in [0.2, 0.25) is 0 Å². The molecular formula is C21H43O2P. The van der Waals surface area contributed by atoms with Gasteiger partial charge >= 0.3 is 0 Å². The lowest BCUT2D eigenvalue weighted by atomic mass is 9.88. The van der Waals surface area contributed by atoms with Crippen LogP contribution < -0.4 is 0 Å². The largest absolute Gasteiger partial charge is 0.385 e. The van der Waals surface area contributed by atoms with Crippen LogP contribution in [0.4, 0.5) is 0 Å². The monoisotopic (exact) mass is 358 g/mol. The van der Waals surface area contributed by atoms with E-state index in [0.29, 0.717) is 8.46 Å². The van der Waals surface area contributed by atoms with Crippen molar-refractivity contribution in [3.8, 4) is 0 Å². The lowest BCUT2D eigenvalue weighted by molar-refractivity contribution is 0.192. The minimum atomic E-state index is 0.0774. The molecule has 0 saturated heterocycles. The molecule has 0 aliphatic rings. The Kier molecular flexibility index (Phi) is 17.9. The summed E-state index contributed by atoms with van der Waals surface area (Å²) in [7, 11) is 2.19. The van der Waals surface area contributed by atoms with Gasteiger partial charge in [0.05, 0.1) is 5.16 Å². The van der Waals surface area contributed by atoms with Crippen molar-refractivity contribution < 1.29 is 9.30 Å². The molecule has 0 radical (unpaired) electrons. The summed E-state index contributed by atoms with van der Waals surface area (Å²) in [4.78, 5) is 0. The van der Waals surface area contributed by atoms with Crippen molar-refractivity contribution in [2.24, 2.45) is 0 Å². The first-order valence-corrected chi connectivity index (χ1v) is 11.4. The number of methoxy groups -OCH3 is 1. The fourth-order valence-corrected chi connectivity index (χ4v) is 4.25. The Morgan fingerprint density at radius 3 is 1.50 bits per heavy atom. The summed E-state index contributed by atoms with van der Waals surface area (Å²) in [6.07, 6.45) is 20.0. The lowest BCUT2D eigenvalue weighted by Gasteiger charge is -2.27. The Morgan fingerprint density at radius 2 is 1.08 bits per heavy atom. The fraction of sp³-hybridized carbons (Fsp3) is 1.00. The minimum Gasteiger partial charge on any atom is -0.385 e. The Labute approximate surface area is 153 Å². The quantitative estimate of drug-likeness (QED) is 0.173. The second-order valence-electron chi connectivity index (χ2n) is 7.45. The molecule has 0 fully saturated rings. The first-order chi connectivity index (χ1) is 11.7. The minimum absolute atomic E-state index is 0.0774. The molecule has 0 unspecified atom stereocenters. The second kappa shape index (κ2) is 17.9. The van der Waals surface area contributed by atoms with Crippen molar-refractivity contribution in [1.82, 2.24) is 0 Å². The van der Waals surface area contributed by atoms with Gasteiger partial charge in [-0.25, -0.2) is 0 Å². The van der Waals surface area contributed by atoms with Crippen LogP contribution >= 0.6 is 8.46 Å². The first kappa shape index (κ1) is 24.1. The van der Waals surface area contributed by atoms with Gasteiger partial charge in [0.25, 0.3) is 0 Å². The maximum atomic E-state index is 12.0. The zero-order valence-electron chi connectivity index (χ0n) is 16.8. The second-order valence-corrected chi connectivity index (χ2v) is 8.58. The van der Waals surface area contributed by atoms with E-state index >= 15 is 0 Å². The van der Waals surface area contributed by atoms with Crippen LogP contribution in [-0.4, -0.2) is 18.9 Å². The van der Waals surface area contributed by atoms with Gasteiger partial charge in [-0.2, -0.15) is 0 Å². The molecule has 0 spiro atoms. The topological polar surface area (TPSA) is 26.3 Å². The summed E-state index contributed by atoms with van der Waals surface area (Å²) in [6.45, 7) is 5.40. The average molecular weight is 359 g/mol. The Morgan fingerprint density at radius 1 is 0.667 bits per heavy atom. The molecule has 0 heterocycles. The zero-order chi connectivity index (χ0) is 17.9. The molecule has 0 amide bonds. The van der Waals surface area contributed by atoms with Crippen molar-refractivity contribution in [2.75, 3.05) is 13.7 Å². The molecule has 144 valence electrons. The molecular weight excluding hydrogens is 315 g/mol. The summed E-state index contributed by atoms with van der Waals surface area (Å²) in [5.74, 6) is 0. The number of hydrogen-bond donors (Lipinski definition) is 0. The van der Waals surface area contributed by atoms with Crippen molar-refractivity contribution in [3.05, 3.63) is 0 Å². The summed E-state index contributed by atoms with van der Waals surface area (Å²) in [5, 5.41) is 0.0774. The lowest BCUT2D eigenvalue weighted by Crippen LogP contribution is -2.22. The summed E-state index contributed by atoms with van der Waals surface area (Å²) in [5.41, 5.74) is 0. The molecule has 0 aromatic carbocycles. The van der Waals surface area contributed by atoms with Crippen LogP contribution in [-0.2, 0) is 9.30 Å². The molecule has 0 saturated carbocycles. The number of rotatable bonds is 19. The summed E-state index contributed by atoms with van der Waals surface area (Å²) >= 11 is 0. The third kappa shape index (κ3) is 13.4. The Bertz CT molecular complexity index is 257. The van der Waals surface area contributed by atoms with Crippen LogP contribution in [0.2, 0.25) is 0 Å². The first-order valence-electron chi connectivity index (χ1n) is 10.6. The van der Waals surface area contributed by atoms with E-state index in [1.165, 1.54) is 83.5 Å². The normalized spacial score (nSPS) is 12.1. The Balaban J connectivity index is 4.18. The highest BCUT2D eigenvalue weighted by molar-refractivity contribution is 7.26. The van der Waals surface area contributed by atoms with Crippen molar-refractivity contribution in [2.45, 2.75) is 122 Å². The SMILES string of the molecule is CCCCCCC(CCCCCC)(CCCCCCCOC)P=O. The van der Waals surface area contributed by atoms with Crippen LogP contribution in [0.25, 0.3) is 0 Å². The van der Waals surface area contributed by atoms with Gasteiger partial charge in [-0.3, -0.25) is 4.57 Å². The molecule has 0 aliphatic heterocycles. The third-order valence-corrected chi connectivity index (χ3v) is 6.23. The highest BCUT2D eigenvalue weighted by Gasteiger charge is 2.29. The van der Waals surface area contributed by atoms with Crippen molar-refractivity contribution in [3.63, 3.8) is 0 Å². The van der Waals surface area contributed by atoms with Crippen molar-refractivity contribution in [1.29, 1.82) is 0 Å². The molecule has 0 aliphatic carbocycles. The van der Waals surface area contributed by atoms with E-state index in [1.54, 1.807) is 7.11 Å². The van der Waals surface area contributed by atoms with Gasteiger partial charge in [-0.15, -0.1) is 0 Å². The Hall–Kier alpha value is 0.0600. The molecule has 0 rings (SSSR count). The molecule has 0 aromatic rings. The van der Waals surface area contributed by atoms with Crippen LogP contribution in [0.5, 0.6) is 0 Å². The van der Waals surface area contributed by atoms with Crippen LogP contribution in [0, 0.1) is 0 Å². The van der Waals surface area contributed by atoms with Gasteiger partial charge < -0.3 is 4.74 Å². The van der Waals surface area contributed by atoms with Gasteiger partial charge in [0.1, 0.15) is 0 Å². The van der Waals surface area contributed by atoms with E-state index in [-0.39, 0.29) is 5.16 Å². The van der Waals surface area contributed by atoms with Gasteiger partial charge in [0, 0.05) is 13.7 Å². The van der Waals surface area contributed by atoms with Gasteiger partial charge in [-0.05, 0) is 25.7 Å². The molecule has 24 heavy (non-hydrogen) atoms. The van der Waals surface area contributed by atoms with E-state index in [0.717, 1.165) is 25.9 Å².